The zero-order valence-electron chi connectivity index (χ0n) is 40.3. The average molecular weight is 780 g/mol. The van der Waals surface area contributed by atoms with Crippen LogP contribution in [0.25, 0.3) is 0 Å². The molecule has 7 heteroatoms. The van der Waals surface area contributed by atoms with E-state index < -0.39 is 5.60 Å². The van der Waals surface area contributed by atoms with Crippen molar-refractivity contribution in [1.82, 2.24) is 15.2 Å². The van der Waals surface area contributed by atoms with Crippen molar-refractivity contribution < 1.29 is 19.6 Å². The van der Waals surface area contributed by atoms with Crippen molar-refractivity contribution in [3.8, 4) is 0 Å². The second-order valence-corrected chi connectivity index (χ2v) is 23.4. The summed E-state index contributed by atoms with van der Waals surface area (Å²) in [6, 6.07) is 0. The molecule has 3 aliphatic heterocycles. The van der Waals surface area contributed by atoms with E-state index in [2.05, 4.69) is 126 Å². The summed E-state index contributed by atoms with van der Waals surface area (Å²) in [6.07, 6.45) is 22.2. The van der Waals surface area contributed by atoms with Crippen LogP contribution in [0.5, 0.6) is 0 Å². The van der Waals surface area contributed by atoms with Crippen molar-refractivity contribution in [2.75, 3.05) is 13.2 Å². The van der Waals surface area contributed by atoms with Gasteiger partial charge in [0.1, 0.15) is 0 Å². The molecule has 3 saturated heterocycles. The number of piperidine rings is 3. The van der Waals surface area contributed by atoms with Crippen LogP contribution in [0.4, 0.5) is 0 Å². The van der Waals surface area contributed by atoms with Gasteiger partial charge >= 0.3 is 0 Å². The van der Waals surface area contributed by atoms with E-state index >= 15 is 0 Å². The van der Waals surface area contributed by atoms with Crippen LogP contribution < -0.4 is 0 Å². The van der Waals surface area contributed by atoms with Crippen molar-refractivity contribution >= 4 is 0 Å². The Hall–Kier alpha value is -0.280. The molecule has 7 nitrogen and oxygen atoms in total. The Labute approximate surface area is 343 Å². The molecule has 4 aliphatic rings. The van der Waals surface area contributed by atoms with E-state index in [9.17, 15) is 5.11 Å². The van der Waals surface area contributed by atoms with Gasteiger partial charge < -0.3 is 5.11 Å². The minimum Gasteiger partial charge on any atom is -0.388 e. The van der Waals surface area contributed by atoms with Crippen molar-refractivity contribution in [2.45, 2.75) is 279 Å². The third-order valence-electron chi connectivity index (χ3n) is 12.5. The van der Waals surface area contributed by atoms with Crippen LogP contribution in [0, 0.1) is 17.8 Å². The van der Waals surface area contributed by atoms with Gasteiger partial charge in [-0.3, -0.25) is 14.5 Å². The number of hydrogen-bond acceptors (Lipinski definition) is 7. The molecule has 0 radical (unpaired) electrons. The zero-order valence-corrected chi connectivity index (χ0v) is 40.3. The highest BCUT2D eigenvalue weighted by molar-refractivity contribution is 4.97. The maximum Gasteiger partial charge on any atom is 0.0967 e. The van der Waals surface area contributed by atoms with Crippen molar-refractivity contribution in [1.29, 1.82) is 0 Å². The van der Waals surface area contributed by atoms with Crippen LogP contribution in [0.1, 0.15) is 234 Å². The second kappa shape index (κ2) is 20.8. The van der Waals surface area contributed by atoms with E-state index in [1.54, 1.807) is 13.8 Å². The van der Waals surface area contributed by atoms with Gasteiger partial charge in [0, 0.05) is 33.2 Å². The molecular formula is C48H97N3O4. The number of hydrogen-bond donors (Lipinski definition) is 1. The van der Waals surface area contributed by atoms with Gasteiger partial charge in [0.15, 0.2) is 0 Å². The van der Waals surface area contributed by atoms with Crippen molar-refractivity contribution in [3.63, 3.8) is 0 Å². The molecular weight excluding hydrogens is 683 g/mol. The summed E-state index contributed by atoms with van der Waals surface area (Å²) < 4.78 is 0. The van der Waals surface area contributed by atoms with Gasteiger partial charge in [-0.2, -0.15) is 15.2 Å². The van der Waals surface area contributed by atoms with Gasteiger partial charge in [0.25, 0.3) is 0 Å². The topological polar surface area (TPSA) is 57.6 Å². The summed E-state index contributed by atoms with van der Waals surface area (Å²) in [6.45, 7) is 41.6. The molecule has 0 amide bonds. The SMILES string of the molecule is CC1CC(C)(C)N(OC2CCCCC2)C(C)(C)C1.CC1CC(C)(C)N(OCC(C)(C)O)C(C)(C)C1.CCCCCCCCON1C(C)(C)CC(C)CC1(C)C. The molecule has 0 atom stereocenters. The summed E-state index contributed by atoms with van der Waals surface area (Å²) in [5.74, 6) is 2.29. The average Bonchev–Trinajstić information content (AvgIpc) is 2.97. The Morgan fingerprint density at radius 1 is 0.509 bits per heavy atom. The summed E-state index contributed by atoms with van der Waals surface area (Å²) in [5.41, 5.74) is -0.0992. The van der Waals surface area contributed by atoms with Crippen molar-refractivity contribution in [3.05, 3.63) is 0 Å². The van der Waals surface area contributed by atoms with Gasteiger partial charge in [0.2, 0.25) is 0 Å². The lowest BCUT2D eigenvalue weighted by Gasteiger charge is -2.54. The quantitative estimate of drug-likeness (QED) is 0.187. The molecule has 4 rings (SSSR count). The van der Waals surface area contributed by atoms with Gasteiger partial charge in [-0.25, -0.2) is 0 Å². The number of aliphatic hydroxyl groups is 1. The molecule has 0 aromatic carbocycles. The highest BCUT2D eigenvalue weighted by Crippen LogP contribution is 2.44. The highest BCUT2D eigenvalue weighted by atomic mass is 16.7. The Balaban J connectivity index is 0.000000286. The molecule has 1 saturated carbocycles. The van der Waals surface area contributed by atoms with E-state index in [0.717, 1.165) is 31.3 Å². The lowest BCUT2D eigenvalue weighted by Crippen LogP contribution is -2.61. The largest absolute Gasteiger partial charge is 0.388 e. The first-order valence-corrected chi connectivity index (χ1v) is 23.1. The van der Waals surface area contributed by atoms with Gasteiger partial charge in [0.05, 0.1) is 24.9 Å². The van der Waals surface area contributed by atoms with E-state index in [0.29, 0.717) is 18.6 Å². The Morgan fingerprint density at radius 3 is 1.24 bits per heavy atom. The standard InChI is InChI=1S/C18H37NO.C16H31NO.C14H29NO2/c1-7-8-9-10-11-12-13-20-19-17(3,4)14-16(2)15-18(19,5)6;1-13-11-15(2,3)17(16(4,5)12-13)18-14-9-7-6-8-10-14;1-11-8-12(2,3)15(13(4,5)9-11)17-10-14(6,7)16/h16H,7-15H2,1-6H3;13-14H,6-12H2,1-5H3;11,16H,8-10H2,1-7H3. The minimum absolute atomic E-state index is 0.0203. The van der Waals surface area contributed by atoms with Gasteiger partial charge in [-0.15, -0.1) is 0 Å². The monoisotopic (exact) mass is 780 g/mol. The first-order chi connectivity index (χ1) is 25.0. The summed E-state index contributed by atoms with van der Waals surface area (Å²) in [5, 5.41) is 16.5. The maximum absolute atomic E-state index is 9.79. The van der Waals surface area contributed by atoms with E-state index in [1.165, 1.54) is 96.3 Å². The number of hydroxylamine groups is 6. The van der Waals surface area contributed by atoms with Crippen LogP contribution >= 0.6 is 0 Å². The number of nitrogens with zero attached hydrogens (tertiary/aromatic N) is 3. The third kappa shape index (κ3) is 16.7. The molecule has 55 heavy (non-hydrogen) atoms. The molecule has 0 aromatic rings. The van der Waals surface area contributed by atoms with Gasteiger partial charge in [-0.1, -0.05) is 79.1 Å². The fourth-order valence-electron chi connectivity index (χ4n) is 11.9. The third-order valence-corrected chi connectivity index (χ3v) is 12.5. The van der Waals surface area contributed by atoms with Crippen LogP contribution in [0.2, 0.25) is 0 Å². The van der Waals surface area contributed by atoms with E-state index in [4.69, 9.17) is 14.5 Å². The molecule has 4 fully saturated rings. The highest BCUT2D eigenvalue weighted by Gasteiger charge is 2.48. The Bertz CT molecular complexity index is 1030. The lowest BCUT2D eigenvalue weighted by molar-refractivity contribution is -0.313. The molecule has 328 valence electrons. The molecule has 1 N–H and O–H groups in total. The minimum atomic E-state index is -0.783. The molecule has 3 heterocycles. The molecule has 0 spiro atoms. The first-order valence-electron chi connectivity index (χ1n) is 23.1. The van der Waals surface area contributed by atoms with E-state index in [-0.39, 0.29) is 33.2 Å². The number of rotatable bonds is 13. The van der Waals surface area contributed by atoms with E-state index in [1.807, 2.05) is 0 Å². The first kappa shape index (κ1) is 50.9. The van der Waals surface area contributed by atoms with Crippen LogP contribution in [0.15, 0.2) is 0 Å². The van der Waals surface area contributed by atoms with Gasteiger partial charge in [-0.05, 0) is 172 Å². The summed E-state index contributed by atoms with van der Waals surface area (Å²) in [7, 11) is 0. The van der Waals surface area contributed by atoms with Crippen molar-refractivity contribution in [2.24, 2.45) is 17.8 Å². The summed E-state index contributed by atoms with van der Waals surface area (Å²) in [4.78, 5) is 18.6. The maximum atomic E-state index is 9.79. The second-order valence-electron chi connectivity index (χ2n) is 23.4. The zero-order chi connectivity index (χ0) is 42.1. The summed E-state index contributed by atoms with van der Waals surface area (Å²) >= 11 is 0. The van der Waals surface area contributed by atoms with Crippen LogP contribution in [-0.4, -0.2) is 78.4 Å². The normalized spacial score (nSPS) is 26.5. The predicted octanol–water partition coefficient (Wildman–Crippen LogP) is 13.1. The lowest BCUT2D eigenvalue weighted by atomic mass is 9.76. The molecule has 1 aliphatic carbocycles. The Kier molecular flexibility index (Phi) is 19.2. The van der Waals surface area contributed by atoms with Crippen LogP contribution in [0.3, 0.4) is 0 Å². The fraction of sp³-hybridized carbons (Fsp3) is 1.00. The smallest absolute Gasteiger partial charge is 0.0967 e. The molecule has 0 unspecified atom stereocenters. The fourth-order valence-corrected chi connectivity index (χ4v) is 11.9. The molecule has 0 aromatic heterocycles. The number of unbranched alkanes of at least 4 members (excludes halogenated alkanes) is 5. The predicted molar refractivity (Wildman–Crippen MR) is 235 cm³/mol. The van der Waals surface area contributed by atoms with Crippen LogP contribution in [-0.2, 0) is 14.5 Å². The Morgan fingerprint density at radius 2 is 0.855 bits per heavy atom. The molecule has 0 bridgehead atoms.